The van der Waals surface area contributed by atoms with E-state index in [1.54, 1.807) is 7.11 Å². The number of hydrogen-bond acceptors (Lipinski definition) is 7. The maximum atomic E-state index is 13.2. The van der Waals surface area contributed by atoms with E-state index < -0.39 is 0 Å². The lowest BCUT2D eigenvalue weighted by Crippen LogP contribution is -2.36. The van der Waals surface area contributed by atoms with Crippen molar-refractivity contribution in [1.29, 1.82) is 0 Å². The van der Waals surface area contributed by atoms with Gasteiger partial charge in [0.15, 0.2) is 0 Å². The number of nitrogens with zero attached hydrogens (tertiary/aromatic N) is 1. The first kappa shape index (κ1) is 27.9. The van der Waals surface area contributed by atoms with Gasteiger partial charge in [0.25, 0.3) is 5.91 Å². The van der Waals surface area contributed by atoms with Crippen LogP contribution in [0.4, 0.5) is 17.1 Å². The van der Waals surface area contributed by atoms with Crippen LogP contribution in [0.5, 0.6) is 11.5 Å². The zero-order valence-corrected chi connectivity index (χ0v) is 24.1. The molecule has 1 amide bonds. The van der Waals surface area contributed by atoms with Crippen LogP contribution in [0.25, 0.3) is 5.57 Å². The predicted molar refractivity (Wildman–Crippen MR) is 167 cm³/mol. The molecule has 0 spiro atoms. The van der Waals surface area contributed by atoms with Gasteiger partial charge in [-0.25, -0.2) is 0 Å². The lowest BCUT2D eigenvalue weighted by Gasteiger charge is -2.28. The summed E-state index contributed by atoms with van der Waals surface area (Å²) in [5.74, 6) is 1.64. The Morgan fingerprint density at radius 1 is 0.929 bits per heavy atom. The zero-order chi connectivity index (χ0) is 28.9. The molecule has 2 aliphatic heterocycles. The van der Waals surface area contributed by atoms with Gasteiger partial charge in [-0.1, -0.05) is 18.2 Å². The molecule has 1 aliphatic carbocycles. The van der Waals surface area contributed by atoms with E-state index in [4.69, 9.17) is 19.9 Å². The Kier molecular flexibility index (Phi) is 8.44. The minimum absolute atomic E-state index is 0.0591. The summed E-state index contributed by atoms with van der Waals surface area (Å²) in [6.45, 7) is 4.49. The molecule has 0 saturated carbocycles. The molecule has 0 unspecified atom stereocenters. The Morgan fingerprint density at radius 3 is 2.55 bits per heavy atom. The average Bonchev–Trinajstić information content (AvgIpc) is 3.17. The van der Waals surface area contributed by atoms with Gasteiger partial charge in [0.2, 0.25) is 0 Å². The van der Waals surface area contributed by atoms with Crippen LogP contribution < -0.4 is 30.7 Å². The number of nitrogens with one attached hydrogen (secondary N) is 2. The third kappa shape index (κ3) is 6.15. The lowest BCUT2D eigenvalue weighted by atomic mass is 9.90. The Hall–Kier alpha value is -4.27. The van der Waals surface area contributed by atoms with Crippen LogP contribution in [-0.4, -0.2) is 52.5 Å². The normalized spacial score (nSPS) is 16.5. The van der Waals surface area contributed by atoms with E-state index in [1.807, 2.05) is 24.3 Å². The molecule has 8 nitrogen and oxygen atoms in total. The number of nitrogens with two attached hydrogens (primary N) is 1. The third-order valence-corrected chi connectivity index (χ3v) is 8.11. The molecule has 1 fully saturated rings. The van der Waals surface area contributed by atoms with E-state index in [2.05, 4.69) is 58.0 Å². The van der Waals surface area contributed by atoms with Crippen molar-refractivity contribution in [2.24, 2.45) is 5.73 Å². The highest BCUT2D eigenvalue weighted by molar-refractivity contribution is 6.09. The van der Waals surface area contributed by atoms with Gasteiger partial charge in [-0.05, 0) is 96.6 Å². The molecule has 8 heteroatoms. The fourth-order valence-corrected chi connectivity index (χ4v) is 5.77. The number of allylic oxidation sites excluding steroid dienone is 2. The zero-order valence-electron chi connectivity index (χ0n) is 24.1. The second-order valence-corrected chi connectivity index (χ2v) is 10.8. The van der Waals surface area contributed by atoms with Crippen LogP contribution in [0, 0.1) is 0 Å². The number of rotatable bonds is 9. The van der Waals surface area contributed by atoms with Crippen LogP contribution in [0.2, 0.25) is 0 Å². The molecule has 1 saturated heterocycles. The van der Waals surface area contributed by atoms with Gasteiger partial charge < -0.3 is 35.5 Å². The second-order valence-electron chi connectivity index (χ2n) is 10.8. The van der Waals surface area contributed by atoms with Gasteiger partial charge >= 0.3 is 0 Å². The van der Waals surface area contributed by atoms with E-state index in [-0.39, 0.29) is 5.91 Å². The molecule has 3 aromatic rings. The van der Waals surface area contributed by atoms with Crippen molar-refractivity contribution in [1.82, 2.24) is 0 Å². The van der Waals surface area contributed by atoms with Gasteiger partial charge in [0, 0.05) is 36.5 Å². The number of morpholine rings is 1. The van der Waals surface area contributed by atoms with Crippen LogP contribution in [0.1, 0.15) is 29.5 Å². The molecule has 6 rings (SSSR count). The Labute approximate surface area is 247 Å². The van der Waals surface area contributed by atoms with Crippen molar-refractivity contribution in [3.05, 3.63) is 94.7 Å². The number of benzene rings is 3. The summed E-state index contributed by atoms with van der Waals surface area (Å²) in [5.41, 5.74) is 14.7. The monoisotopic (exact) mass is 566 g/mol. The molecule has 0 radical (unpaired) electrons. The van der Waals surface area contributed by atoms with Gasteiger partial charge in [-0.3, -0.25) is 4.79 Å². The first-order valence-corrected chi connectivity index (χ1v) is 14.7. The first-order chi connectivity index (χ1) is 20.6. The molecule has 0 atom stereocenters. The van der Waals surface area contributed by atoms with E-state index in [0.29, 0.717) is 19.6 Å². The van der Waals surface area contributed by atoms with Crippen LogP contribution in [0.15, 0.2) is 78.0 Å². The largest absolute Gasteiger partial charge is 0.496 e. The van der Waals surface area contributed by atoms with Crippen molar-refractivity contribution in [3.8, 4) is 11.5 Å². The van der Waals surface area contributed by atoms with Crippen molar-refractivity contribution in [3.63, 3.8) is 0 Å². The van der Waals surface area contributed by atoms with Crippen molar-refractivity contribution < 1.29 is 19.0 Å². The number of ether oxygens (including phenoxy) is 3. The summed E-state index contributed by atoms with van der Waals surface area (Å²) in [7, 11) is 1.69. The standard InChI is InChI=1S/C34H38N4O4/c1-40-33-22-26(4-3-24(33)12-14-35)25-5-10-29-31(21-25)36-30-11-2-23(20-32(30)37-34(29)39)13-17-42-28-8-6-27(7-9-28)38-15-18-41-19-16-38/h2-4,6-9,11,20-22,36H,5,10,12-19,35H2,1H3,(H,37,39). The minimum atomic E-state index is -0.0591. The number of amides is 1. The summed E-state index contributed by atoms with van der Waals surface area (Å²) in [5, 5.41) is 6.65. The fraction of sp³-hybridized carbons (Fsp3) is 0.324. The van der Waals surface area contributed by atoms with E-state index in [9.17, 15) is 4.79 Å². The molecular weight excluding hydrogens is 528 g/mol. The fourth-order valence-electron chi connectivity index (χ4n) is 5.77. The highest BCUT2D eigenvalue weighted by Crippen LogP contribution is 2.37. The van der Waals surface area contributed by atoms with E-state index >= 15 is 0 Å². The van der Waals surface area contributed by atoms with Crippen molar-refractivity contribution in [2.75, 3.05) is 62.1 Å². The molecular formula is C34H38N4O4. The maximum absolute atomic E-state index is 13.2. The van der Waals surface area contributed by atoms with Crippen molar-refractivity contribution in [2.45, 2.75) is 25.7 Å². The number of hydrogen-bond donors (Lipinski definition) is 3. The van der Waals surface area contributed by atoms with Gasteiger partial charge in [-0.15, -0.1) is 0 Å². The summed E-state index contributed by atoms with van der Waals surface area (Å²) < 4.78 is 17.1. The molecule has 3 aromatic carbocycles. The molecule has 4 N–H and O–H groups in total. The predicted octanol–water partition coefficient (Wildman–Crippen LogP) is 5.15. The Balaban J connectivity index is 1.11. The number of anilines is 3. The van der Waals surface area contributed by atoms with E-state index in [0.717, 1.165) is 96.4 Å². The smallest absolute Gasteiger partial charge is 0.253 e. The highest BCUT2D eigenvalue weighted by Gasteiger charge is 2.25. The summed E-state index contributed by atoms with van der Waals surface area (Å²) in [6.07, 6.45) is 5.03. The van der Waals surface area contributed by atoms with Crippen LogP contribution in [0.3, 0.4) is 0 Å². The van der Waals surface area contributed by atoms with Crippen LogP contribution >= 0.6 is 0 Å². The Morgan fingerprint density at radius 2 is 1.76 bits per heavy atom. The quantitative estimate of drug-likeness (QED) is 0.330. The summed E-state index contributed by atoms with van der Waals surface area (Å²) in [4.78, 5) is 15.5. The minimum Gasteiger partial charge on any atom is -0.496 e. The van der Waals surface area contributed by atoms with Gasteiger partial charge in [-0.2, -0.15) is 0 Å². The van der Waals surface area contributed by atoms with Crippen molar-refractivity contribution >= 4 is 28.5 Å². The highest BCUT2D eigenvalue weighted by atomic mass is 16.5. The van der Waals surface area contributed by atoms with E-state index in [1.165, 1.54) is 11.3 Å². The number of fused-ring (bicyclic) bond motifs is 1. The first-order valence-electron chi connectivity index (χ1n) is 14.7. The average molecular weight is 567 g/mol. The summed E-state index contributed by atoms with van der Waals surface area (Å²) >= 11 is 0. The number of methoxy groups -OCH3 is 1. The topological polar surface area (TPSA) is 98.1 Å². The number of carbonyl (C=O) groups is 1. The molecule has 218 valence electrons. The Bertz CT molecular complexity index is 1510. The lowest BCUT2D eigenvalue weighted by molar-refractivity contribution is -0.113. The summed E-state index contributed by atoms with van der Waals surface area (Å²) in [6, 6.07) is 20.7. The molecule has 0 aromatic heterocycles. The second kappa shape index (κ2) is 12.7. The van der Waals surface area contributed by atoms with Gasteiger partial charge in [0.05, 0.1) is 38.3 Å². The molecule has 3 aliphatic rings. The van der Waals surface area contributed by atoms with Gasteiger partial charge in [0.1, 0.15) is 11.5 Å². The molecule has 0 bridgehead atoms. The molecule has 2 heterocycles. The SMILES string of the molecule is COc1cc(C2=CC3=C(CC2)C(=O)Nc2cc(CCOc4ccc(N5CCOCC5)cc4)ccc2N3)ccc1CCN. The number of carbonyl (C=O) groups excluding carboxylic acids is 1. The van der Waals surface area contributed by atoms with Crippen LogP contribution in [-0.2, 0) is 22.4 Å². The maximum Gasteiger partial charge on any atom is 0.253 e. The molecule has 42 heavy (non-hydrogen) atoms. The third-order valence-electron chi connectivity index (χ3n) is 8.11.